The Labute approximate surface area is 260 Å². The van der Waals surface area contributed by atoms with E-state index in [1.54, 1.807) is 12.1 Å². The molecule has 0 amide bonds. The first-order valence-corrected chi connectivity index (χ1v) is 16.4. The van der Waals surface area contributed by atoms with Gasteiger partial charge in [-0.1, -0.05) is 49.6 Å². The van der Waals surface area contributed by atoms with E-state index in [9.17, 15) is 4.39 Å². The van der Waals surface area contributed by atoms with Crippen LogP contribution in [-0.2, 0) is 5.41 Å². The van der Waals surface area contributed by atoms with E-state index in [1.807, 2.05) is 12.1 Å². The first kappa shape index (κ1) is 29.6. The molecule has 228 valence electrons. The average molecular weight is 602 g/mol. The van der Waals surface area contributed by atoms with Crippen molar-refractivity contribution in [3.8, 4) is 0 Å². The fraction of sp³-hybridized carbons (Fsp3) is 0.500. The molecular weight excluding hydrogens is 557 g/mol. The molecule has 43 heavy (non-hydrogen) atoms. The van der Waals surface area contributed by atoms with Crippen LogP contribution in [0.25, 0.3) is 0 Å². The van der Waals surface area contributed by atoms with Crippen LogP contribution < -0.4 is 25.3 Å². The molecule has 2 saturated heterocycles. The molecule has 2 N–H and O–H groups in total. The van der Waals surface area contributed by atoms with Crippen LogP contribution in [0.4, 0.5) is 27.7 Å². The third-order valence-electron chi connectivity index (χ3n) is 9.60. The molecule has 9 heteroatoms. The summed E-state index contributed by atoms with van der Waals surface area (Å²) in [4.78, 5) is 17.2. The lowest BCUT2D eigenvalue weighted by Gasteiger charge is -2.39. The minimum Gasteiger partial charge on any atom is -0.368 e. The molecule has 7 nitrogen and oxygen atoms in total. The molecular formula is C34H44FN7S. The number of benzene rings is 2. The van der Waals surface area contributed by atoms with Gasteiger partial charge < -0.3 is 25.3 Å². The SMILES string of the molecule is C[C@H]1CCCCN1c1cc(N2CCN(c3ccccc3)CC2)nc(NC(=S)NCC2(c3ccc(F)cc3)CCCCC2)n1. The van der Waals surface area contributed by atoms with Gasteiger partial charge in [0, 0.05) is 62.5 Å². The summed E-state index contributed by atoms with van der Waals surface area (Å²) < 4.78 is 13.7. The van der Waals surface area contributed by atoms with Gasteiger partial charge >= 0.3 is 0 Å². The molecule has 0 unspecified atom stereocenters. The average Bonchev–Trinajstić information content (AvgIpc) is 3.05. The second-order valence-corrected chi connectivity index (χ2v) is 12.8. The number of nitrogens with zero attached hydrogens (tertiary/aromatic N) is 5. The molecule has 2 aliphatic heterocycles. The van der Waals surface area contributed by atoms with E-state index >= 15 is 0 Å². The van der Waals surface area contributed by atoms with Crippen molar-refractivity contribution >= 4 is 40.6 Å². The number of hydrogen-bond acceptors (Lipinski definition) is 6. The van der Waals surface area contributed by atoms with Gasteiger partial charge in [-0.3, -0.25) is 0 Å². The highest BCUT2D eigenvalue weighted by Crippen LogP contribution is 2.39. The number of piperidine rings is 1. The van der Waals surface area contributed by atoms with Gasteiger partial charge in [-0.2, -0.15) is 9.97 Å². The zero-order valence-corrected chi connectivity index (χ0v) is 26.1. The molecule has 1 aromatic heterocycles. The summed E-state index contributed by atoms with van der Waals surface area (Å²) in [5.41, 5.74) is 2.38. The maximum absolute atomic E-state index is 13.7. The topological polar surface area (TPSA) is 59.6 Å². The summed E-state index contributed by atoms with van der Waals surface area (Å²) in [6.45, 7) is 7.66. The highest BCUT2D eigenvalue weighted by atomic mass is 32.1. The van der Waals surface area contributed by atoms with Crippen LogP contribution in [0.5, 0.6) is 0 Å². The maximum Gasteiger partial charge on any atom is 0.232 e. The van der Waals surface area contributed by atoms with E-state index in [1.165, 1.54) is 49.8 Å². The van der Waals surface area contributed by atoms with Gasteiger partial charge in [0.2, 0.25) is 5.95 Å². The monoisotopic (exact) mass is 601 g/mol. The smallest absolute Gasteiger partial charge is 0.232 e. The molecule has 6 rings (SSSR count). The Morgan fingerprint density at radius 3 is 2.28 bits per heavy atom. The van der Waals surface area contributed by atoms with E-state index < -0.39 is 0 Å². The van der Waals surface area contributed by atoms with Crippen molar-refractivity contribution in [2.24, 2.45) is 0 Å². The Bertz CT molecular complexity index is 1350. The van der Waals surface area contributed by atoms with Gasteiger partial charge in [0.15, 0.2) is 5.11 Å². The van der Waals surface area contributed by atoms with Gasteiger partial charge in [-0.15, -0.1) is 0 Å². The Morgan fingerprint density at radius 1 is 0.860 bits per heavy atom. The number of rotatable bonds is 7. The van der Waals surface area contributed by atoms with Crippen molar-refractivity contribution < 1.29 is 4.39 Å². The lowest BCUT2D eigenvalue weighted by atomic mass is 9.69. The second-order valence-electron chi connectivity index (χ2n) is 12.4. The Hall–Kier alpha value is -3.46. The molecule has 1 atom stereocenters. The van der Waals surface area contributed by atoms with Crippen LogP contribution in [0.3, 0.4) is 0 Å². The minimum absolute atomic E-state index is 0.0623. The molecule has 3 heterocycles. The summed E-state index contributed by atoms with van der Waals surface area (Å²) in [7, 11) is 0. The number of anilines is 4. The molecule has 1 aliphatic carbocycles. The van der Waals surface area contributed by atoms with Crippen LogP contribution in [0.2, 0.25) is 0 Å². The lowest BCUT2D eigenvalue weighted by molar-refractivity contribution is 0.292. The van der Waals surface area contributed by atoms with Crippen molar-refractivity contribution in [3.63, 3.8) is 0 Å². The normalized spacial score (nSPS) is 20.5. The van der Waals surface area contributed by atoms with Gasteiger partial charge in [0.1, 0.15) is 17.5 Å². The zero-order chi connectivity index (χ0) is 29.6. The number of halogens is 1. The number of nitrogens with one attached hydrogen (secondary N) is 2. The zero-order valence-electron chi connectivity index (χ0n) is 25.3. The summed E-state index contributed by atoms with van der Waals surface area (Å²) in [5, 5.41) is 7.36. The third-order valence-corrected chi connectivity index (χ3v) is 9.85. The number of thiocarbonyl (C=S) groups is 1. The standard InChI is InChI=1S/C34H44FN7S/c1-26-10-6-9-19-42(26)31-24-30(41-22-20-40(21-23-41)29-11-4-2-5-12-29)37-32(38-31)39-33(43)36-25-34(17-7-3-8-18-34)27-13-15-28(35)16-14-27/h2,4-5,11-16,24,26H,3,6-10,17-23,25H2,1H3,(H2,36,37,38,39,43)/t26-/m0/s1. The summed E-state index contributed by atoms with van der Waals surface area (Å²) in [6, 6.07) is 20.2. The van der Waals surface area contributed by atoms with E-state index in [0.717, 1.165) is 57.2 Å². The van der Waals surface area contributed by atoms with Crippen LogP contribution in [0, 0.1) is 5.82 Å². The molecule has 3 fully saturated rings. The first-order chi connectivity index (χ1) is 21.0. The first-order valence-electron chi connectivity index (χ1n) is 16.0. The molecule has 0 spiro atoms. The fourth-order valence-electron chi connectivity index (χ4n) is 7.05. The van der Waals surface area contributed by atoms with Gasteiger partial charge in [-0.25, -0.2) is 4.39 Å². The third kappa shape index (κ3) is 7.03. The predicted octanol–water partition coefficient (Wildman–Crippen LogP) is 6.51. The molecule has 2 aromatic carbocycles. The lowest BCUT2D eigenvalue weighted by Crippen LogP contribution is -2.47. The summed E-state index contributed by atoms with van der Waals surface area (Å²) in [6.07, 6.45) is 9.30. The van der Waals surface area contributed by atoms with E-state index in [0.29, 0.717) is 23.6 Å². The Morgan fingerprint density at radius 2 is 1.56 bits per heavy atom. The largest absolute Gasteiger partial charge is 0.368 e. The molecule has 1 saturated carbocycles. The van der Waals surface area contributed by atoms with Gasteiger partial charge in [0.25, 0.3) is 0 Å². The number of para-hydroxylation sites is 1. The maximum atomic E-state index is 13.7. The van der Waals surface area contributed by atoms with E-state index in [-0.39, 0.29) is 11.2 Å². The van der Waals surface area contributed by atoms with Crippen LogP contribution in [0.1, 0.15) is 63.9 Å². The van der Waals surface area contributed by atoms with E-state index in [4.69, 9.17) is 22.2 Å². The molecule has 3 aromatic rings. The molecule has 0 radical (unpaired) electrons. The molecule has 3 aliphatic rings. The molecule has 0 bridgehead atoms. The summed E-state index contributed by atoms with van der Waals surface area (Å²) in [5.74, 6) is 2.24. The quantitative estimate of drug-likeness (QED) is 0.298. The van der Waals surface area contributed by atoms with E-state index in [2.05, 4.69) is 68.7 Å². The fourth-order valence-corrected chi connectivity index (χ4v) is 7.22. The summed E-state index contributed by atoms with van der Waals surface area (Å²) >= 11 is 5.82. The van der Waals surface area contributed by atoms with Crippen molar-refractivity contribution in [1.29, 1.82) is 0 Å². The van der Waals surface area contributed by atoms with Crippen LogP contribution in [0.15, 0.2) is 60.7 Å². The highest BCUT2D eigenvalue weighted by Gasteiger charge is 2.34. The van der Waals surface area contributed by atoms with Gasteiger partial charge in [-0.05, 0) is 81.1 Å². The second kappa shape index (κ2) is 13.5. The number of aromatic nitrogens is 2. The van der Waals surface area contributed by atoms with Crippen molar-refractivity contribution in [3.05, 3.63) is 72.0 Å². The minimum atomic E-state index is -0.197. The number of hydrogen-bond donors (Lipinski definition) is 2. The highest BCUT2D eigenvalue weighted by molar-refractivity contribution is 7.80. The van der Waals surface area contributed by atoms with Crippen molar-refractivity contribution in [1.82, 2.24) is 15.3 Å². The van der Waals surface area contributed by atoms with Gasteiger partial charge in [0.05, 0.1) is 0 Å². The Kier molecular flexibility index (Phi) is 9.26. The predicted molar refractivity (Wildman–Crippen MR) is 179 cm³/mol. The number of piperazine rings is 1. The Balaban J connectivity index is 1.18. The van der Waals surface area contributed by atoms with Crippen molar-refractivity contribution in [2.45, 2.75) is 69.7 Å². The van der Waals surface area contributed by atoms with Crippen LogP contribution in [-0.4, -0.2) is 60.4 Å². The van der Waals surface area contributed by atoms with Crippen molar-refractivity contribution in [2.75, 3.05) is 59.3 Å². The van der Waals surface area contributed by atoms with Crippen LogP contribution >= 0.6 is 12.2 Å².